The van der Waals surface area contributed by atoms with E-state index in [2.05, 4.69) is 26.6 Å². The van der Waals surface area contributed by atoms with Gasteiger partial charge in [0.15, 0.2) is 9.84 Å². The summed E-state index contributed by atoms with van der Waals surface area (Å²) in [5.74, 6) is -1.04. The van der Waals surface area contributed by atoms with Gasteiger partial charge in [-0.05, 0) is 36.4 Å². The summed E-state index contributed by atoms with van der Waals surface area (Å²) in [7, 11) is -3.54. The molecule has 2 aromatic rings. The minimum atomic E-state index is -3.54. The number of rotatable bonds is 5. The first-order valence-electron chi connectivity index (χ1n) is 6.90. The van der Waals surface area contributed by atoms with E-state index in [1.807, 2.05) is 0 Å². The van der Waals surface area contributed by atoms with Crippen molar-refractivity contribution in [2.75, 3.05) is 18.1 Å². The average molecular weight is 411 g/mol. The molecular formula is C16H15BrN2O4S. The summed E-state index contributed by atoms with van der Waals surface area (Å²) >= 11 is 3.29. The number of sulfone groups is 1. The molecule has 24 heavy (non-hydrogen) atoms. The van der Waals surface area contributed by atoms with Gasteiger partial charge in [-0.2, -0.15) is 0 Å². The first-order chi connectivity index (χ1) is 11.3. The lowest BCUT2D eigenvalue weighted by atomic mass is 10.2. The molecule has 0 aromatic heterocycles. The number of carbonyl (C=O) groups is 2. The molecular weight excluding hydrogens is 396 g/mol. The summed E-state index contributed by atoms with van der Waals surface area (Å²) in [6.07, 6.45) is 1.03. The largest absolute Gasteiger partial charge is 0.343 e. The molecule has 0 saturated carbocycles. The molecule has 2 aromatic carbocycles. The Morgan fingerprint density at radius 2 is 1.67 bits per heavy atom. The summed E-state index contributed by atoms with van der Waals surface area (Å²) in [6, 6.07) is 12.8. The summed E-state index contributed by atoms with van der Waals surface area (Å²) in [5, 5.41) is 5.05. The number of hydrogen-bond donors (Lipinski definition) is 2. The van der Waals surface area contributed by atoms with Gasteiger partial charge in [-0.3, -0.25) is 9.59 Å². The van der Waals surface area contributed by atoms with Crippen molar-refractivity contribution in [1.82, 2.24) is 5.32 Å². The van der Waals surface area contributed by atoms with Crippen molar-refractivity contribution in [1.29, 1.82) is 0 Å². The fourth-order valence-corrected chi connectivity index (χ4v) is 3.12. The third-order valence-electron chi connectivity index (χ3n) is 3.07. The molecule has 126 valence electrons. The van der Waals surface area contributed by atoms with Gasteiger partial charge in [-0.25, -0.2) is 8.42 Å². The molecule has 8 heteroatoms. The van der Waals surface area contributed by atoms with E-state index in [0.717, 1.165) is 10.7 Å². The van der Waals surface area contributed by atoms with Crippen LogP contribution in [0.5, 0.6) is 0 Å². The highest BCUT2D eigenvalue weighted by Crippen LogP contribution is 2.15. The van der Waals surface area contributed by atoms with E-state index in [-0.39, 0.29) is 17.0 Å². The van der Waals surface area contributed by atoms with Crippen LogP contribution in [-0.4, -0.2) is 33.0 Å². The van der Waals surface area contributed by atoms with Crippen molar-refractivity contribution in [3.8, 4) is 0 Å². The predicted octanol–water partition coefficient (Wildman–Crippen LogP) is 2.22. The van der Waals surface area contributed by atoms with E-state index in [9.17, 15) is 18.0 Å². The number of benzene rings is 2. The Morgan fingerprint density at radius 3 is 2.29 bits per heavy atom. The third-order valence-corrected chi connectivity index (χ3v) is 4.75. The maximum absolute atomic E-state index is 12.2. The highest BCUT2D eigenvalue weighted by molar-refractivity contribution is 9.10. The van der Waals surface area contributed by atoms with Gasteiger partial charge in [0.05, 0.1) is 17.0 Å². The molecule has 0 atom stereocenters. The second-order valence-corrected chi connectivity index (χ2v) is 7.91. The van der Waals surface area contributed by atoms with Crippen LogP contribution < -0.4 is 10.6 Å². The van der Waals surface area contributed by atoms with Gasteiger partial charge in [0, 0.05) is 16.4 Å². The molecule has 0 bridgehead atoms. The van der Waals surface area contributed by atoms with Crippen LogP contribution in [0.1, 0.15) is 10.4 Å². The molecule has 0 unspecified atom stereocenters. The minimum absolute atomic E-state index is 0.0106. The van der Waals surface area contributed by atoms with Crippen molar-refractivity contribution in [3.63, 3.8) is 0 Å². The van der Waals surface area contributed by atoms with E-state index in [0.29, 0.717) is 5.69 Å². The highest BCUT2D eigenvalue weighted by atomic mass is 79.9. The molecule has 0 aliphatic carbocycles. The molecule has 2 rings (SSSR count). The van der Waals surface area contributed by atoms with Crippen LogP contribution in [0.2, 0.25) is 0 Å². The highest BCUT2D eigenvalue weighted by Gasteiger charge is 2.18. The van der Waals surface area contributed by atoms with Crippen LogP contribution >= 0.6 is 15.9 Å². The number of hydrogen-bond acceptors (Lipinski definition) is 4. The smallest absolute Gasteiger partial charge is 0.253 e. The van der Waals surface area contributed by atoms with Crippen molar-refractivity contribution < 1.29 is 18.0 Å². The van der Waals surface area contributed by atoms with Gasteiger partial charge in [0.25, 0.3) is 5.91 Å². The Balaban J connectivity index is 2.01. The number of halogens is 1. The first-order valence-corrected chi connectivity index (χ1v) is 9.58. The van der Waals surface area contributed by atoms with Gasteiger partial charge in [0.2, 0.25) is 5.91 Å². The lowest BCUT2D eigenvalue weighted by molar-refractivity contribution is -0.115. The quantitative estimate of drug-likeness (QED) is 0.789. The van der Waals surface area contributed by atoms with E-state index >= 15 is 0 Å². The van der Waals surface area contributed by atoms with Crippen molar-refractivity contribution in [2.24, 2.45) is 0 Å². The van der Waals surface area contributed by atoms with Crippen molar-refractivity contribution in [3.05, 3.63) is 58.6 Å². The Kier molecular flexibility index (Phi) is 5.74. The summed E-state index contributed by atoms with van der Waals surface area (Å²) < 4.78 is 24.3. The van der Waals surface area contributed by atoms with Crippen LogP contribution in [0.3, 0.4) is 0 Å². The molecule has 0 radical (unpaired) electrons. The number of nitrogens with one attached hydrogen (secondary N) is 2. The van der Waals surface area contributed by atoms with Gasteiger partial charge in [-0.15, -0.1) is 0 Å². The molecule has 2 N–H and O–H groups in total. The zero-order valence-corrected chi connectivity index (χ0v) is 15.1. The van der Waals surface area contributed by atoms with E-state index in [1.54, 1.807) is 30.3 Å². The Morgan fingerprint density at radius 1 is 1.04 bits per heavy atom. The average Bonchev–Trinajstić information content (AvgIpc) is 2.54. The number of anilines is 1. The molecule has 0 saturated heterocycles. The van der Waals surface area contributed by atoms with E-state index in [1.165, 1.54) is 18.2 Å². The second-order valence-electron chi connectivity index (χ2n) is 5.01. The fraction of sp³-hybridized carbons (Fsp3) is 0.125. The Hall–Kier alpha value is -2.19. The van der Waals surface area contributed by atoms with Crippen LogP contribution in [-0.2, 0) is 14.6 Å². The van der Waals surface area contributed by atoms with Crippen LogP contribution in [0.25, 0.3) is 0 Å². The fourth-order valence-electron chi connectivity index (χ4n) is 1.97. The van der Waals surface area contributed by atoms with Crippen LogP contribution in [0.4, 0.5) is 5.69 Å². The molecule has 2 amide bonds. The summed E-state index contributed by atoms with van der Waals surface area (Å²) in [6.45, 7) is -0.271. The maximum atomic E-state index is 12.2. The zero-order valence-electron chi connectivity index (χ0n) is 12.7. The molecule has 0 fully saturated rings. The van der Waals surface area contributed by atoms with Crippen LogP contribution in [0, 0.1) is 0 Å². The molecule has 0 spiro atoms. The minimum Gasteiger partial charge on any atom is -0.343 e. The van der Waals surface area contributed by atoms with Crippen molar-refractivity contribution >= 4 is 43.3 Å². The van der Waals surface area contributed by atoms with Crippen LogP contribution in [0.15, 0.2) is 57.9 Å². The molecule has 0 aliphatic rings. The van der Waals surface area contributed by atoms with Gasteiger partial charge < -0.3 is 10.6 Å². The second kappa shape index (κ2) is 7.59. The van der Waals surface area contributed by atoms with Gasteiger partial charge in [-0.1, -0.05) is 28.1 Å². The van der Waals surface area contributed by atoms with Gasteiger partial charge >= 0.3 is 0 Å². The summed E-state index contributed by atoms with van der Waals surface area (Å²) in [4.78, 5) is 23.9. The lowest BCUT2D eigenvalue weighted by Gasteiger charge is -2.09. The third kappa shape index (κ3) is 4.90. The lowest BCUT2D eigenvalue weighted by Crippen LogP contribution is -2.33. The predicted molar refractivity (Wildman–Crippen MR) is 94.7 cm³/mol. The Bertz CT molecular complexity index is 864. The summed E-state index contributed by atoms with van der Waals surface area (Å²) in [5.41, 5.74) is 0.602. The number of amides is 2. The molecule has 0 heterocycles. The van der Waals surface area contributed by atoms with Gasteiger partial charge in [0.1, 0.15) is 0 Å². The topological polar surface area (TPSA) is 92.3 Å². The monoisotopic (exact) mass is 410 g/mol. The zero-order chi connectivity index (χ0) is 17.7. The maximum Gasteiger partial charge on any atom is 0.253 e. The first kappa shape index (κ1) is 18.2. The standard InChI is InChI=1S/C16H15BrN2O4S/c1-24(22,23)14-5-3-2-4-13(14)16(21)18-10-15(20)19-12-8-6-11(17)7-9-12/h2-9H,10H2,1H3,(H,18,21)(H,19,20). The van der Waals surface area contributed by atoms with Crippen molar-refractivity contribution in [2.45, 2.75) is 4.90 Å². The normalized spacial score (nSPS) is 10.9. The SMILES string of the molecule is CS(=O)(=O)c1ccccc1C(=O)NCC(=O)Nc1ccc(Br)cc1. The molecule has 0 aliphatic heterocycles. The van der Waals surface area contributed by atoms with E-state index in [4.69, 9.17) is 0 Å². The molecule has 6 nitrogen and oxygen atoms in total. The van der Waals surface area contributed by atoms with E-state index < -0.39 is 21.7 Å². The number of carbonyl (C=O) groups excluding carboxylic acids is 2. The Labute approximate surface area is 148 Å².